The lowest BCUT2D eigenvalue weighted by atomic mass is 10.7. The molecule has 0 unspecified atom stereocenters. The third-order valence-electron chi connectivity index (χ3n) is 0.714. The normalized spacial score (nSPS) is 12.5. The molecule has 0 aromatic heterocycles. The molecule has 0 heterocycles. The molecule has 0 aliphatic heterocycles. The Morgan fingerprint density at radius 2 is 2.40 bits per heavy atom. The molecule has 5 nitrogen and oxygen atoms in total. The van der Waals surface area contributed by atoms with Crippen molar-refractivity contribution in [1.82, 2.24) is 0 Å². The molecule has 0 aromatic rings. The lowest BCUT2D eigenvalue weighted by Gasteiger charge is -2.05. The zero-order valence-corrected chi connectivity index (χ0v) is 5.44. The van der Waals surface area contributed by atoms with Crippen LogP contribution in [0.3, 0.4) is 0 Å². The van der Waals surface area contributed by atoms with Crippen LogP contribution in [0.4, 0.5) is 0 Å². The summed E-state index contributed by atoms with van der Waals surface area (Å²) in [5.74, 6) is -1.14. The Morgan fingerprint density at radius 1 is 1.80 bits per heavy atom. The van der Waals surface area contributed by atoms with Crippen LogP contribution in [-0.2, 0) is 19.1 Å². The molecule has 58 valence electrons. The molecular weight excluding hydrogens is 140 g/mol. The van der Waals surface area contributed by atoms with Gasteiger partial charge in [-0.2, -0.15) is 0 Å². The van der Waals surface area contributed by atoms with Gasteiger partial charge in [0.15, 0.2) is 6.29 Å². The van der Waals surface area contributed by atoms with Crippen molar-refractivity contribution >= 4 is 12.3 Å². The molecule has 5 heteroatoms. The molecule has 0 radical (unpaired) electrons. The smallest absolute Gasteiger partial charge is 0.329 e. The number of carbonyl (C=O) groups is 2. The van der Waals surface area contributed by atoms with Gasteiger partial charge >= 0.3 is 5.97 Å². The van der Waals surface area contributed by atoms with E-state index in [1.54, 1.807) is 0 Å². The maximum Gasteiger partial charge on any atom is 0.329 e. The van der Waals surface area contributed by atoms with Crippen molar-refractivity contribution in [1.29, 1.82) is 0 Å². The van der Waals surface area contributed by atoms with E-state index in [2.05, 4.69) is 9.47 Å². The van der Waals surface area contributed by atoms with E-state index in [1.165, 1.54) is 7.11 Å². The predicted molar refractivity (Wildman–Crippen MR) is 30.4 cm³/mol. The molecule has 0 saturated heterocycles. The van der Waals surface area contributed by atoms with Gasteiger partial charge in [0.2, 0.25) is 6.29 Å². The number of ether oxygens (including phenoxy) is 2. The monoisotopic (exact) mass is 148 g/mol. The topological polar surface area (TPSA) is 72.8 Å². The highest BCUT2D eigenvalue weighted by atomic mass is 16.7. The van der Waals surface area contributed by atoms with Crippen molar-refractivity contribution in [2.75, 3.05) is 13.7 Å². The Labute approximate surface area is 57.5 Å². The van der Waals surface area contributed by atoms with Gasteiger partial charge in [0.25, 0.3) is 0 Å². The zero-order chi connectivity index (χ0) is 7.98. The van der Waals surface area contributed by atoms with Gasteiger partial charge in [-0.15, -0.1) is 0 Å². The Kier molecular flexibility index (Phi) is 4.43. The van der Waals surface area contributed by atoms with Gasteiger partial charge in [-0.3, -0.25) is 4.79 Å². The van der Waals surface area contributed by atoms with Crippen molar-refractivity contribution in [3.63, 3.8) is 0 Å². The summed E-state index contributed by atoms with van der Waals surface area (Å²) in [7, 11) is 1.25. The summed E-state index contributed by atoms with van der Waals surface area (Å²) in [6.07, 6.45) is -0.695. The average Bonchev–Trinajstić information content (AvgIpc) is 1.90. The standard InChI is InChI=1S/C5H8O5/c1-9-5(2-6)10-3-4(7)8/h2,5H,3H2,1H3,(H,7,8)/t5-/m0/s1. The molecule has 10 heavy (non-hydrogen) atoms. The second-order valence-corrected chi connectivity index (χ2v) is 1.44. The lowest BCUT2D eigenvalue weighted by molar-refractivity contribution is -0.164. The van der Waals surface area contributed by atoms with Gasteiger partial charge in [-0.25, -0.2) is 4.79 Å². The summed E-state index contributed by atoms with van der Waals surface area (Å²) in [4.78, 5) is 19.7. The SMILES string of the molecule is CO[C@H](C=O)OCC(=O)O. The molecule has 0 spiro atoms. The minimum atomic E-state index is -1.14. The first kappa shape index (κ1) is 9.06. The molecular formula is C5H8O5. The van der Waals surface area contributed by atoms with Crippen molar-refractivity contribution in [3.05, 3.63) is 0 Å². The molecule has 0 fully saturated rings. The molecule has 1 N–H and O–H groups in total. The number of hydrogen-bond donors (Lipinski definition) is 1. The van der Waals surface area contributed by atoms with E-state index in [9.17, 15) is 9.59 Å². The Morgan fingerprint density at radius 3 is 2.70 bits per heavy atom. The van der Waals surface area contributed by atoms with Crippen molar-refractivity contribution in [2.24, 2.45) is 0 Å². The van der Waals surface area contributed by atoms with Gasteiger partial charge in [-0.1, -0.05) is 0 Å². The van der Waals surface area contributed by atoms with Crippen molar-refractivity contribution in [2.45, 2.75) is 6.29 Å². The number of methoxy groups -OCH3 is 1. The highest BCUT2D eigenvalue weighted by molar-refractivity contribution is 5.68. The minimum Gasteiger partial charge on any atom is -0.480 e. The van der Waals surface area contributed by atoms with Gasteiger partial charge < -0.3 is 14.6 Å². The van der Waals surface area contributed by atoms with Crippen LogP contribution in [0.1, 0.15) is 0 Å². The lowest BCUT2D eigenvalue weighted by Crippen LogP contribution is -2.20. The van der Waals surface area contributed by atoms with Crippen LogP contribution < -0.4 is 0 Å². The fourth-order valence-electron chi connectivity index (χ4n) is 0.316. The minimum absolute atomic E-state index is 0.378. The summed E-state index contributed by atoms with van der Waals surface area (Å²) < 4.78 is 8.81. The van der Waals surface area contributed by atoms with E-state index in [0.717, 1.165) is 0 Å². The first-order valence-electron chi connectivity index (χ1n) is 2.52. The van der Waals surface area contributed by atoms with Crippen LogP contribution in [0.2, 0.25) is 0 Å². The van der Waals surface area contributed by atoms with Gasteiger partial charge in [0.05, 0.1) is 0 Å². The summed E-state index contributed by atoms with van der Waals surface area (Å²) in [6.45, 7) is -0.531. The van der Waals surface area contributed by atoms with Crippen LogP contribution in [0, 0.1) is 0 Å². The van der Waals surface area contributed by atoms with Gasteiger partial charge in [0, 0.05) is 7.11 Å². The quantitative estimate of drug-likeness (QED) is 0.410. The summed E-state index contributed by atoms with van der Waals surface area (Å²) in [6, 6.07) is 0. The number of carboxylic acid groups (broad SMARTS) is 1. The number of hydrogen-bond acceptors (Lipinski definition) is 4. The third kappa shape index (κ3) is 3.99. The Bertz CT molecular complexity index is 121. The maximum absolute atomic E-state index is 9.91. The van der Waals surface area contributed by atoms with Crippen molar-refractivity contribution < 1.29 is 24.2 Å². The summed E-state index contributed by atoms with van der Waals surface area (Å²) in [5.41, 5.74) is 0. The summed E-state index contributed by atoms with van der Waals surface area (Å²) in [5, 5.41) is 8.06. The van der Waals surface area contributed by atoms with Crippen LogP contribution in [0.5, 0.6) is 0 Å². The second kappa shape index (κ2) is 4.89. The summed E-state index contributed by atoms with van der Waals surface area (Å²) >= 11 is 0. The van der Waals surface area contributed by atoms with E-state index >= 15 is 0 Å². The van der Waals surface area contributed by atoms with Crippen LogP contribution in [0.25, 0.3) is 0 Å². The highest BCUT2D eigenvalue weighted by Gasteiger charge is 2.06. The molecule has 0 bridgehead atoms. The average molecular weight is 148 g/mol. The van der Waals surface area contributed by atoms with Crippen molar-refractivity contribution in [3.8, 4) is 0 Å². The molecule has 0 aliphatic rings. The van der Waals surface area contributed by atoms with E-state index < -0.39 is 18.9 Å². The predicted octanol–water partition coefficient (Wildman–Crippen LogP) is -0.741. The largest absolute Gasteiger partial charge is 0.480 e. The first-order chi connectivity index (χ1) is 4.70. The second-order valence-electron chi connectivity index (χ2n) is 1.44. The van der Waals surface area contributed by atoms with E-state index in [4.69, 9.17) is 5.11 Å². The maximum atomic E-state index is 9.91. The fraction of sp³-hybridized carbons (Fsp3) is 0.600. The van der Waals surface area contributed by atoms with Crippen LogP contribution >= 0.6 is 0 Å². The molecule has 0 saturated carbocycles. The number of rotatable bonds is 5. The Hall–Kier alpha value is -0.940. The highest BCUT2D eigenvalue weighted by Crippen LogP contribution is 1.86. The third-order valence-corrected chi connectivity index (χ3v) is 0.714. The molecule has 0 aliphatic carbocycles. The van der Waals surface area contributed by atoms with Gasteiger partial charge in [0.1, 0.15) is 6.61 Å². The zero-order valence-electron chi connectivity index (χ0n) is 5.44. The van der Waals surface area contributed by atoms with Crippen LogP contribution in [-0.4, -0.2) is 37.4 Å². The van der Waals surface area contributed by atoms with Crippen LogP contribution in [0.15, 0.2) is 0 Å². The molecule has 0 rings (SSSR count). The van der Waals surface area contributed by atoms with E-state index in [1.807, 2.05) is 0 Å². The number of carbonyl (C=O) groups excluding carboxylic acids is 1. The molecule has 0 amide bonds. The van der Waals surface area contributed by atoms with E-state index in [-0.39, 0.29) is 0 Å². The number of aliphatic carboxylic acids is 1. The number of carboxylic acids is 1. The Balaban J connectivity index is 3.44. The first-order valence-corrected chi connectivity index (χ1v) is 2.52. The van der Waals surface area contributed by atoms with E-state index in [0.29, 0.717) is 6.29 Å². The molecule has 1 atom stereocenters. The molecule has 0 aromatic carbocycles. The fourth-order valence-corrected chi connectivity index (χ4v) is 0.316. The van der Waals surface area contributed by atoms with Gasteiger partial charge in [-0.05, 0) is 0 Å². The number of aldehydes is 1.